The summed E-state index contributed by atoms with van der Waals surface area (Å²) in [6.07, 6.45) is 1.02. The molecular weight excluding hydrogens is 164 g/mol. The Labute approximate surface area is 79.2 Å². The van der Waals surface area contributed by atoms with Crippen molar-refractivity contribution in [3.63, 3.8) is 0 Å². The molecule has 0 aromatic heterocycles. The average molecular weight is 180 g/mol. The van der Waals surface area contributed by atoms with E-state index in [0.29, 0.717) is 13.0 Å². The van der Waals surface area contributed by atoms with Crippen molar-refractivity contribution in [2.24, 2.45) is 0 Å². The van der Waals surface area contributed by atoms with Crippen molar-refractivity contribution >= 4 is 0 Å². The lowest BCUT2D eigenvalue weighted by atomic mass is 10.2. The zero-order chi connectivity index (χ0) is 9.52. The van der Waals surface area contributed by atoms with E-state index in [1.165, 1.54) is 0 Å². The average Bonchev–Trinajstić information content (AvgIpc) is 2.17. The van der Waals surface area contributed by atoms with E-state index in [2.05, 4.69) is 0 Å². The van der Waals surface area contributed by atoms with Gasteiger partial charge in [-0.3, -0.25) is 0 Å². The minimum Gasteiger partial charge on any atom is -0.368 e. The van der Waals surface area contributed by atoms with Crippen LogP contribution in [0.4, 0.5) is 0 Å². The normalized spacial score (nSPS) is 12.8. The van der Waals surface area contributed by atoms with Crippen molar-refractivity contribution in [3.8, 4) is 0 Å². The summed E-state index contributed by atoms with van der Waals surface area (Å²) in [6, 6.07) is 9.86. The van der Waals surface area contributed by atoms with E-state index in [1.807, 2.05) is 37.3 Å². The molecule has 1 N–H and O–H groups in total. The number of ether oxygens (including phenoxy) is 1. The van der Waals surface area contributed by atoms with Crippen molar-refractivity contribution in [2.45, 2.75) is 32.7 Å². The molecule has 1 unspecified atom stereocenters. The predicted octanol–water partition coefficient (Wildman–Crippen LogP) is 2.32. The lowest BCUT2D eigenvalue weighted by Crippen LogP contribution is -2.10. The summed E-state index contributed by atoms with van der Waals surface area (Å²) >= 11 is 0. The highest BCUT2D eigenvalue weighted by Gasteiger charge is 2.01. The molecule has 1 rings (SSSR count). The molecule has 1 atom stereocenters. The fourth-order valence-corrected chi connectivity index (χ4v) is 1.10. The Balaban J connectivity index is 2.27. The van der Waals surface area contributed by atoms with Crippen LogP contribution in [0.15, 0.2) is 30.3 Å². The molecule has 0 aliphatic rings. The van der Waals surface area contributed by atoms with Gasteiger partial charge in [-0.2, -0.15) is 0 Å². The molecule has 0 fully saturated rings. The topological polar surface area (TPSA) is 29.5 Å². The fraction of sp³-hybridized carbons (Fsp3) is 0.455. The van der Waals surface area contributed by atoms with Gasteiger partial charge in [-0.05, 0) is 12.0 Å². The van der Waals surface area contributed by atoms with E-state index in [4.69, 9.17) is 4.74 Å². The summed E-state index contributed by atoms with van der Waals surface area (Å²) in [5.41, 5.74) is 1.10. The molecule has 0 aliphatic carbocycles. The molecule has 0 spiro atoms. The molecule has 0 bridgehead atoms. The first-order valence-corrected chi connectivity index (χ1v) is 4.66. The van der Waals surface area contributed by atoms with Gasteiger partial charge in [0.05, 0.1) is 6.61 Å². The minimum atomic E-state index is -0.620. The molecule has 0 radical (unpaired) electrons. The smallest absolute Gasteiger partial charge is 0.154 e. The lowest BCUT2D eigenvalue weighted by Gasteiger charge is -2.10. The SMILES string of the molecule is CCCC(O)OCc1ccccc1. The van der Waals surface area contributed by atoms with Gasteiger partial charge >= 0.3 is 0 Å². The van der Waals surface area contributed by atoms with E-state index in [-0.39, 0.29) is 0 Å². The molecule has 0 aliphatic heterocycles. The summed E-state index contributed by atoms with van der Waals surface area (Å²) < 4.78 is 5.22. The lowest BCUT2D eigenvalue weighted by molar-refractivity contribution is -0.112. The largest absolute Gasteiger partial charge is 0.368 e. The number of aliphatic hydroxyl groups is 1. The van der Waals surface area contributed by atoms with E-state index in [9.17, 15) is 5.11 Å². The molecule has 0 saturated carbocycles. The van der Waals surface area contributed by atoms with Gasteiger partial charge in [0.1, 0.15) is 0 Å². The monoisotopic (exact) mass is 180 g/mol. The molecule has 13 heavy (non-hydrogen) atoms. The van der Waals surface area contributed by atoms with Crippen molar-refractivity contribution in [1.29, 1.82) is 0 Å². The third-order valence-corrected chi connectivity index (χ3v) is 1.82. The van der Waals surface area contributed by atoms with Gasteiger partial charge in [0.25, 0.3) is 0 Å². The highest BCUT2D eigenvalue weighted by Crippen LogP contribution is 2.04. The zero-order valence-corrected chi connectivity index (χ0v) is 7.94. The molecule has 0 amide bonds. The quantitative estimate of drug-likeness (QED) is 0.705. The summed E-state index contributed by atoms with van der Waals surface area (Å²) in [6.45, 7) is 2.51. The van der Waals surface area contributed by atoms with Crippen LogP contribution in [0, 0.1) is 0 Å². The summed E-state index contributed by atoms with van der Waals surface area (Å²) in [7, 11) is 0. The number of rotatable bonds is 5. The standard InChI is InChI=1S/C11H16O2/c1-2-6-11(12)13-9-10-7-4-3-5-8-10/h3-5,7-8,11-12H,2,6,9H2,1H3. The first-order chi connectivity index (χ1) is 6.33. The predicted molar refractivity (Wildman–Crippen MR) is 52.1 cm³/mol. The number of aliphatic hydroxyl groups excluding tert-OH is 1. The maximum absolute atomic E-state index is 9.29. The van der Waals surface area contributed by atoms with Gasteiger partial charge in [0.15, 0.2) is 6.29 Å². The maximum atomic E-state index is 9.29. The van der Waals surface area contributed by atoms with Crippen LogP contribution in [0.3, 0.4) is 0 Å². The van der Waals surface area contributed by atoms with Gasteiger partial charge in [-0.25, -0.2) is 0 Å². The van der Waals surface area contributed by atoms with Crippen LogP contribution in [0.2, 0.25) is 0 Å². The Kier molecular flexibility index (Phi) is 4.50. The van der Waals surface area contributed by atoms with Crippen LogP contribution in [0.1, 0.15) is 25.3 Å². The Morgan fingerprint density at radius 3 is 2.62 bits per heavy atom. The van der Waals surface area contributed by atoms with Crippen molar-refractivity contribution in [1.82, 2.24) is 0 Å². The van der Waals surface area contributed by atoms with Gasteiger partial charge < -0.3 is 9.84 Å². The molecule has 1 aromatic carbocycles. The Bertz CT molecular complexity index is 221. The summed E-state index contributed by atoms with van der Waals surface area (Å²) in [5.74, 6) is 0. The van der Waals surface area contributed by atoms with Gasteiger partial charge in [0.2, 0.25) is 0 Å². The van der Waals surface area contributed by atoms with Crippen LogP contribution in [-0.2, 0) is 11.3 Å². The molecule has 2 heteroatoms. The minimum absolute atomic E-state index is 0.488. The van der Waals surface area contributed by atoms with Crippen molar-refractivity contribution in [2.75, 3.05) is 0 Å². The van der Waals surface area contributed by atoms with Crippen LogP contribution in [-0.4, -0.2) is 11.4 Å². The first kappa shape index (κ1) is 10.2. The van der Waals surface area contributed by atoms with E-state index in [0.717, 1.165) is 12.0 Å². The van der Waals surface area contributed by atoms with Gasteiger partial charge in [0, 0.05) is 0 Å². The third-order valence-electron chi connectivity index (χ3n) is 1.82. The second kappa shape index (κ2) is 5.73. The molecule has 1 aromatic rings. The summed E-state index contributed by atoms with van der Waals surface area (Å²) in [4.78, 5) is 0. The second-order valence-corrected chi connectivity index (χ2v) is 3.04. The molecular formula is C11H16O2. The summed E-state index contributed by atoms with van der Waals surface area (Å²) in [5, 5.41) is 9.29. The fourth-order valence-electron chi connectivity index (χ4n) is 1.10. The van der Waals surface area contributed by atoms with Gasteiger partial charge in [-0.1, -0.05) is 43.7 Å². The number of benzene rings is 1. The van der Waals surface area contributed by atoms with Crippen molar-refractivity contribution < 1.29 is 9.84 Å². The van der Waals surface area contributed by atoms with Crippen LogP contribution in [0.25, 0.3) is 0 Å². The molecule has 0 saturated heterocycles. The Morgan fingerprint density at radius 1 is 1.31 bits per heavy atom. The van der Waals surface area contributed by atoms with Crippen LogP contribution >= 0.6 is 0 Å². The zero-order valence-electron chi connectivity index (χ0n) is 7.94. The molecule has 72 valence electrons. The van der Waals surface area contributed by atoms with E-state index < -0.39 is 6.29 Å². The third kappa shape index (κ3) is 4.06. The van der Waals surface area contributed by atoms with Crippen molar-refractivity contribution in [3.05, 3.63) is 35.9 Å². The first-order valence-electron chi connectivity index (χ1n) is 4.66. The Morgan fingerprint density at radius 2 is 2.00 bits per heavy atom. The second-order valence-electron chi connectivity index (χ2n) is 3.04. The number of hydrogen-bond acceptors (Lipinski definition) is 2. The molecule has 2 nitrogen and oxygen atoms in total. The Hall–Kier alpha value is -0.860. The molecule has 0 heterocycles. The highest BCUT2D eigenvalue weighted by atomic mass is 16.6. The van der Waals surface area contributed by atoms with Gasteiger partial charge in [-0.15, -0.1) is 0 Å². The highest BCUT2D eigenvalue weighted by molar-refractivity contribution is 5.13. The number of hydrogen-bond donors (Lipinski definition) is 1. The maximum Gasteiger partial charge on any atom is 0.154 e. The van der Waals surface area contributed by atoms with E-state index in [1.54, 1.807) is 0 Å². The van der Waals surface area contributed by atoms with Crippen LogP contribution < -0.4 is 0 Å². The van der Waals surface area contributed by atoms with E-state index >= 15 is 0 Å². The van der Waals surface area contributed by atoms with Crippen LogP contribution in [0.5, 0.6) is 0 Å².